The maximum absolute atomic E-state index is 12.7. The lowest BCUT2D eigenvalue weighted by Gasteiger charge is -2.45. The predicted octanol–water partition coefficient (Wildman–Crippen LogP) is 7.40. The van der Waals surface area contributed by atoms with Crippen molar-refractivity contribution in [3.63, 3.8) is 0 Å². The van der Waals surface area contributed by atoms with Gasteiger partial charge in [-0.05, 0) is 135 Å². The fourth-order valence-electron chi connectivity index (χ4n) is 9.02. The molecule has 53 heavy (non-hydrogen) atoms. The van der Waals surface area contributed by atoms with Gasteiger partial charge in [0.05, 0.1) is 34.4 Å². The molecule has 10 heteroatoms. The summed E-state index contributed by atoms with van der Waals surface area (Å²) in [6.45, 7) is 23.5. The van der Waals surface area contributed by atoms with Crippen LogP contribution >= 0.6 is 0 Å². The minimum atomic E-state index is -0.371. The molecule has 4 fully saturated rings. The molecule has 1 saturated carbocycles. The van der Waals surface area contributed by atoms with Gasteiger partial charge in [-0.15, -0.1) is 0 Å². The largest absolute Gasteiger partial charge is 0.495 e. The summed E-state index contributed by atoms with van der Waals surface area (Å²) in [6.07, 6.45) is 10.3. The summed E-state index contributed by atoms with van der Waals surface area (Å²) in [5.41, 5.74) is 5.65. The Labute approximate surface area is 317 Å². The van der Waals surface area contributed by atoms with Crippen LogP contribution in [0, 0.1) is 12.8 Å². The van der Waals surface area contributed by atoms with Crippen molar-refractivity contribution in [2.24, 2.45) is 13.0 Å². The quantitative estimate of drug-likeness (QED) is 0.219. The van der Waals surface area contributed by atoms with Crippen molar-refractivity contribution in [2.45, 2.75) is 135 Å². The van der Waals surface area contributed by atoms with Crippen molar-refractivity contribution in [1.82, 2.24) is 20.0 Å². The maximum Gasteiger partial charge on any atom is 0.495 e. The number of aromatic nitrogens is 2. The van der Waals surface area contributed by atoms with Gasteiger partial charge < -0.3 is 24.3 Å². The van der Waals surface area contributed by atoms with E-state index >= 15 is 0 Å². The molecule has 1 unspecified atom stereocenters. The summed E-state index contributed by atoms with van der Waals surface area (Å²) < 4.78 is 21.3. The number of carbonyl (C=O) groups excluding carboxylic acids is 1. The number of fused-ring (bicyclic) bond motifs is 1. The van der Waals surface area contributed by atoms with E-state index in [1.807, 2.05) is 11.7 Å². The number of amides is 1. The average Bonchev–Trinajstić information content (AvgIpc) is 3.55. The van der Waals surface area contributed by atoms with Crippen LogP contribution in [0.5, 0.6) is 5.75 Å². The predicted molar refractivity (Wildman–Crippen MR) is 215 cm³/mol. The number of rotatable bonds is 10. The molecule has 0 spiro atoms. The monoisotopic (exact) mass is 723 g/mol. The molecule has 1 aliphatic carbocycles. The number of hydrogen-bond donors (Lipinski definition) is 1. The number of nitrogens with one attached hydrogen (secondary N) is 1. The Balaban J connectivity index is 0.857. The van der Waals surface area contributed by atoms with E-state index in [0.29, 0.717) is 0 Å². The van der Waals surface area contributed by atoms with Gasteiger partial charge in [-0.2, -0.15) is 5.10 Å². The minimum absolute atomic E-state index is 0.00858. The molecular formula is C43H62BN5O4. The molecule has 3 aromatic rings. The van der Waals surface area contributed by atoms with Crippen molar-refractivity contribution in [1.29, 1.82) is 0 Å². The number of allylic oxidation sites excluding steroid dienone is 1. The third kappa shape index (κ3) is 7.79. The number of hydrogen-bond acceptors (Lipinski definition) is 7. The number of benzene rings is 2. The molecule has 0 bridgehead atoms. The molecule has 1 aromatic heterocycles. The zero-order chi connectivity index (χ0) is 37.7. The second-order valence-electron chi connectivity index (χ2n) is 17.9. The SMILES string of the molecule is C=C1CCC(c2nn(C)c3cc(N4CCN(C(C)(C)CCCC5CCC(Oc6cccc(B7OC(C)(C)C(C)(C)O7)c6C)CC5)CC4)ccc23)C(=O)N1. The molecular weight excluding hydrogens is 661 g/mol. The highest BCUT2D eigenvalue weighted by Gasteiger charge is 2.52. The number of piperidine rings is 1. The van der Waals surface area contributed by atoms with Crippen LogP contribution in [0.1, 0.15) is 117 Å². The Kier molecular flexibility index (Phi) is 10.5. The second kappa shape index (κ2) is 14.7. The highest BCUT2D eigenvalue weighted by Crippen LogP contribution is 2.38. The summed E-state index contributed by atoms with van der Waals surface area (Å²) in [5.74, 6) is 1.53. The van der Waals surface area contributed by atoms with E-state index in [9.17, 15) is 4.79 Å². The van der Waals surface area contributed by atoms with Gasteiger partial charge >= 0.3 is 7.12 Å². The van der Waals surface area contributed by atoms with Gasteiger partial charge in [0.1, 0.15) is 5.75 Å². The van der Waals surface area contributed by atoms with E-state index in [-0.39, 0.29) is 41.8 Å². The van der Waals surface area contributed by atoms with E-state index in [2.05, 4.69) is 107 Å². The number of aryl methyl sites for hydroxylation is 1. The van der Waals surface area contributed by atoms with Crippen LogP contribution in [-0.2, 0) is 21.2 Å². The first-order valence-corrected chi connectivity index (χ1v) is 20.2. The second-order valence-corrected chi connectivity index (χ2v) is 17.9. The Morgan fingerprint density at radius 1 is 1.00 bits per heavy atom. The van der Waals surface area contributed by atoms with Crippen LogP contribution in [0.25, 0.3) is 10.9 Å². The van der Waals surface area contributed by atoms with Crippen molar-refractivity contribution < 1.29 is 18.8 Å². The van der Waals surface area contributed by atoms with Crippen molar-refractivity contribution in [3.8, 4) is 5.75 Å². The molecule has 4 aliphatic rings. The van der Waals surface area contributed by atoms with Crippen LogP contribution < -0.4 is 20.4 Å². The lowest BCUT2D eigenvalue weighted by atomic mass is 9.76. The third-order valence-electron chi connectivity index (χ3n) is 13.4. The summed E-state index contributed by atoms with van der Waals surface area (Å²) in [4.78, 5) is 17.9. The van der Waals surface area contributed by atoms with E-state index in [1.165, 1.54) is 37.8 Å². The zero-order valence-corrected chi connectivity index (χ0v) is 33.6. The molecule has 3 aliphatic heterocycles. The van der Waals surface area contributed by atoms with Gasteiger partial charge in [0.2, 0.25) is 5.91 Å². The van der Waals surface area contributed by atoms with Crippen molar-refractivity contribution in [3.05, 3.63) is 59.9 Å². The van der Waals surface area contributed by atoms with Gasteiger partial charge in [0.15, 0.2) is 0 Å². The summed E-state index contributed by atoms with van der Waals surface area (Å²) >= 11 is 0. The van der Waals surface area contributed by atoms with Crippen molar-refractivity contribution in [2.75, 3.05) is 31.1 Å². The fourth-order valence-corrected chi connectivity index (χ4v) is 9.02. The lowest BCUT2D eigenvalue weighted by molar-refractivity contribution is -0.122. The van der Waals surface area contributed by atoms with Crippen LogP contribution in [0.15, 0.2) is 48.7 Å². The first-order valence-electron chi connectivity index (χ1n) is 20.2. The molecule has 1 N–H and O–H groups in total. The molecule has 4 heterocycles. The van der Waals surface area contributed by atoms with Gasteiger partial charge in [0, 0.05) is 55.5 Å². The zero-order valence-electron chi connectivity index (χ0n) is 33.6. The van der Waals surface area contributed by atoms with Crippen LogP contribution in [-0.4, -0.2) is 76.7 Å². The van der Waals surface area contributed by atoms with E-state index in [0.717, 1.165) is 96.8 Å². The average molecular weight is 724 g/mol. The van der Waals surface area contributed by atoms with Crippen LogP contribution in [0.2, 0.25) is 0 Å². The normalized spacial score (nSPS) is 25.2. The standard InChI is InChI=1S/C43H62BN5O4/c1-29-15-21-35(40(50)45-29)39-34-22-18-32(28-37(34)47(9)46-39)48-24-26-49(27-25-48)41(3,4)23-11-12-31-16-19-33(20-17-31)51-38-14-10-13-36(30(38)2)44-52-42(5,6)43(7,8)53-44/h10,13-14,18,22,28,31,33,35H,1,11-12,15-17,19-21,23-27H2,2-9H3,(H,45,50). The van der Waals surface area contributed by atoms with Gasteiger partial charge in [-0.1, -0.05) is 31.6 Å². The first kappa shape index (κ1) is 38.0. The van der Waals surface area contributed by atoms with Crippen LogP contribution in [0.3, 0.4) is 0 Å². The summed E-state index contributed by atoms with van der Waals surface area (Å²) in [5, 5.41) is 8.81. The number of carbonyl (C=O) groups is 1. The Bertz CT molecular complexity index is 1800. The molecule has 1 atom stereocenters. The van der Waals surface area contributed by atoms with Gasteiger partial charge in [-0.3, -0.25) is 14.4 Å². The summed E-state index contributed by atoms with van der Waals surface area (Å²) in [7, 11) is 1.61. The maximum atomic E-state index is 12.7. The number of anilines is 1. The molecule has 286 valence electrons. The third-order valence-corrected chi connectivity index (χ3v) is 13.4. The topological polar surface area (TPSA) is 81.1 Å². The molecule has 2 aromatic carbocycles. The Morgan fingerprint density at radius 3 is 2.38 bits per heavy atom. The number of ether oxygens (including phenoxy) is 1. The van der Waals surface area contributed by atoms with Gasteiger partial charge in [0.25, 0.3) is 0 Å². The highest BCUT2D eigenvalue weighted by atomic mass is 16.7. The lowest BCUT2D eigenvalue weighted by Crippen LogP contribution is -2.54. The number of nitrogens with zero attached hydrogens (tertiary/aromatic N) is 4. The summed E-state index contributed by atoms with van der Waals surface area (Å²) in [6, 6.07) is 12.9. The van der Waals surface area contributed by atoms with E-state index in [4.69, 9.17) is 19.1 Å². The Morgan fingerprint density at radius 2 is 1.70 bits per heavy atom. The van der Waals surface area contributed by atoms with E-state index in [1.54, 1.807) is 0 Å². The molecule has 1 amide bonds. The van der Waals surface area contributed by atoms with Crippen LogP contribution in [0.4, 0.5) is 5.69 Å². The van der Waals surface area contributed by atoms with Crippen molar-refractivity contribution >= 4 is 35.1 Å². The highest BCUT2D eigenvalue weighted by molar-refractivity contribution is 6.62. The molecule has 3 saturated heterocycles. The minimum Gasteiger partial charge on any atom is -0.490 e. The van der Waals surface area contributed by atoms with E-state index < -0.39 is 0 Å². The molecule has 7 rings (SSSR count). The first-order chi connectivity index (χ1) is 25.1. The van der Waals surface area contributed by atoms with Gasteiger partial charge in [-0.25, -0.2) is 0 Å². The fraction of sp³-hybridized carbons (Fsp3) is 0.628. The molecule has 9 nitrogen and oxygen atoms in total. The number of piperazine rings is 1. The smallest absolute Gasteiger partial charge is 0.490 e. The molecule has 0 radical (unpaired) electrons. The Hall–Kier alpha value is -3.34.